The highest BCUT2D eigenvalue weighted by atomic mass is 16.6. The van der Waals surface area contributed by atoms with E-state index in [-0.39, 0.29) is 17.7 Å². The van der Waals surface area contributed by atoms with Crippen LogP contribution in [0.1, 0.15) is 59.4 Å². The summed E-state index contributed by atoms with van der Waals surface area (Å²) in [5.41, 5.74) is -1.79. The molecule has 0 fully saturated rings. The maximum absolute atomic E-state index is 12.5. The predicted octanol–water partition coefficient (Wildman–Crippen LogP) is 2.09. The van der Waals surface area contributed by atoms with Crippen LogP contribution in [-0.4, -0.2) is 34.9 Å². The summed E-state index contributed by atoms with van der Waals surface area (Å²) in [6.45, 7) is 3.95. The van der Waals surface area contributed by atoms with E-state index in [9.17, 15) is 19.5 Å². The number of aryl methyl sites for hydroxylation is 1. The molecule has 1 aromatic carbocycles. The first-order valence-corrected chi connectivity index (χ1v) is 7.59. The summed E-state index contributed by atoms with van der Waals surface area (Å²) in [7, 11) is 0. The topological polar surface area (TPSA) is 80.7 Å². The van der Waals surface area contributed by atoms with Crippen molar-refractivity contribution in [1.82, 2.24) is 0 Å². The highest BCUT2D eigenvalue weighted by Crippen LogP contribution is 2.34. The second-order valence-electron chi connectivity index (χ2n) is 5.45. The summed E-state index contributed by atoms with van der Waals surface area (Å²) in [5.74, 6) is -2.92. The predicted molar refractivity (Wildman–Crippen MR) is 79.9 cm³/mol. The Kier molecular flexibility index (Phi) is 4.76. The van der Waals surface area contributed by atoms with Gasteiger partial charge in [-0.05, 0) is 18.4 Å². The molecular formula is C17H20O5. The highest BCUT2D eigenvalue weighted by molar-refractivity contribution is 6.41. The molecule has 0 aromatic heterocycles. The van der Waals surface area contributed by atoms with Crippen LogP contribution < -0.4 is 0 Å². The molecule has 0 amide bonds. The number of unbranched alkanes of at least 4 members (excludes halogenated alkanes) is 1. The number of Topliss-reactive ketones (excluding diaryl/α,β-unsaturated/α-hetero) is 2. The first-order chi connectivity index (χ1) is 10.5. The number of carbonyl (C=O) groups excluding carboxylic acids is 3. The molecule has 2 rings (SSSR count). The van der Waals surface area contributed by atoms with Gasteiger partial charge in [0.2, 0.25) is 11.6 Å². The molecule has 0 bridgehead atoms. The third kappa shape index (κ3) is 2.46. The van der Waals surface area contributed by atoms with Gasteiger partial charge in [0.05, 0.1) is 6.61 Å². The van der Waals surface area contributed by atoms with E-state index in [1.165, 1.54) is 6.07 Å². The SMILES string of the molecule is CCCCOC(=O)C1(O)C(=O)c2cccc(CCC)c2C1=O. The van der Waals surface area contributed by atoms with Crippen molar-refractivity contribution >= 4 is 17.5 Å². The number of ketones is 2. The van der Waals surface area contributed by atoms with Gasteiger partial charge in [0, 0.05) is 11.1 Å². The third-order valence-electron chi connectivity index (χ3n) is 3.83. The zero-order valence-corrected chi connectivity index (χ0v) is 12.8. The Balaban J connectivity index is 2.37. The van der Waals surface area contributed by atoms with E-state index < -0.39 is 23.1 Å². The fourth-order valence-corrected chi connectivity index (χ4v) is 2.61. The van der Waals surface area contributed by atoms with Crippen LogP contribution in [-0.2, 0) is 16.0 Å². The lowest BCUT2D eigenvalue weighted by Crippen LogP contribution is -2.50. The zero-order chi connectivity index (χ0) is 16.3. The van der Waals surface area contributed by atoms with E-state index >= 15 is 0 Å². The van der Waals surface area contributed by atoms with E-state index in [1.807, 2.05) is 13.8 Å². The lowest BCUT2D eigenvalue weighted by molar-refractivity contribution is -0.156. The monoisotopic (exact) mass is 304 g/mol. The summed E-state index contributed by atoms with van der Waals surface area (Å²) in [6, 6.07) is 4.86. The minimum absolute atomic E-state index is 0.0797. The van der Waals surface area contributed by atoms with Crippen molar-refractivity contribution in [3.8, 4) is 0 Å². The fraction of sp³-hybridized carbons (Fsp3) is 0.471. The molecule has 1 aliphatic carbocycles. The maximum atomic E-state index is 12.5. The van der Waals surface area contributed by atoms with Gasteiger partial charge in [-0.15, -0.1) is 0 Å². The average molecular weight is 304 g/mol. The van der Waals surface area contributed by atoms with Gasteiger partial charge in [-0.3, -0.25) is 9.59 Å². The van der Waals surface area contributed by atoms with Gasteiger partial charge >= 0.3 is 5.97 Å². The molecule has 5 heteroatoms. The molecule has 0 spiro atoms. The second-order valence-corrected chi connectivity index (χ2v) is 5.45. The molecule has 5 nitrogen and oxygen atoms in total. The van der Waals surface area contributed by atoms with Gasteiger partial charge < -0.3 is 9.84 Å². The summed E-state index contributed by atoms with van der Waals surface area (Å²) in [4.78, 5) is 37.0. The fourth-order valence-electron chi connectivity index (χ4n) is 2.61. The van der Waals surface area contributed by atoms with E-state index in [4.69, 9.17) is 4.74 Å². The second kappa shape index (κ2) is 6.40. The normalized spacial score (nSPS) is 20.1. The van der Waals surface area contributed by atoms with Crippen molar-refractivity contribution in [2.45, 2.75) is 45.1 Å². The first-order valence-electron chi connectivity index (χ1n) is 7.59. The molecule has 1 N–H and O–H groups in total. The van der Waals surface area contributed by atoms with Crippen LogP contribution in [0.2, 0.25) is 0 Å². The molecule has 0 aliphatic heterocycles. The summed E-state index contributed by atoms with van der Waals surface area (Å²) < 4.78 is 4.91. The molecule has 1 aromatic rings. The van der Waals surface area contributed by atoms with Crippen molar-refractivity contribution in [3.63, 3.8) is 0 Å². The van der Waals surface area contributed by atoms with Gasteiger partial charge in [0.15, 0.2) is 0 Å². The number of rotatable bonds is 6. The van der Waals surface area contributed by atoms with Crippen LogP contribution in [0.3, 0.4) is 0 Å². The molecule has 1 atom stereocenters. The molecular weight excluding hydrogens is 284 g/mol. The first kappa shape index (κ1) is 16.4. The van der Waals surface area contributed by atoms with Gasteiger partial charge in [-0.1, -0.05) is 44.9 Å². The quantitative estimate of drug-likeness (QED) is 0.494. The minimum Gasteiger partial charge on any atom is -0.463 e. The lowest BCUT2D eigenvalue weighted by Gasteiger charge is -2.17. The number of aliphatic hydroxyl groups is 1. The van der Waals surface area contributed by atoms with Crippen LogP contribution in [0.4, 0.5) is 0 Å². The molecule has 0 saturated carbocycles. The van der Waals surface area contributed by atoms with Crippen molar-refractivity contribution < 1.29 is 24.2 Å². The molecule has 0 saturated heterocycles. The number of hydrogen-bond donors (Lipinski definition) is 1. The Labute approximate surface area is 129 Å². The van der Waals surface area contributed by atoms with E-state index in [0.29, 0.717) is 18.4 Å². The average Bonchev–Trinajstić information content (AvgIpc) is 2.71. The van der Waals surface area contributed by atoms with Crippen molar-refractivity contribution in [3.05, 3.63) is 34.9 Å². The van der Waals surface area contributed by atoms with Crippen LogP contribution in [0.15, 0.2) is 18.2 Å². The van der Waals surface area contributed by atoms with Gasteiger partial charge in [0.1, 0.15) is 0 Å². The van der Waals surface area contributed by atoms with Crippen LogP contribution in [0, 0.1) is 0 Å². The van der Waals surface area contributed by atoms with E-state index in [0.717, 1.165) is 12.8 Å². The van der Waals surface area contributed by atoms with Crippen LogP contribution in [0.25, 0.3) is 0 Å². The number of benzene rings is 1. The smallest absolute Gasteiger partial charge is 0.354 e. The highest BCUT2D eigenvalue weighted by Gasteiger charge is 2.59. The van der Waals surface area contributed by atoms with Crippen molar-refractivity contribution in [1.29, 1.82) is 0 Å². The van der Waals surface area contributed by atoms with Gasteiger partial charge in [-0.2, -0.15) is 0 Å². The molecule has 1 aliphatic rings. The number of esters is 1. The van der Waals surface area contributed by atoms with Crippen LogP contribution in [0.5, 0.6) is 0 Å². The molecule has 22 heavy (non-hydrogen) atoms. The Morgan fingerprint density at radius 2 is 1.91 bits per heavy atom. The molecule has 0 radical (unpaired) electrons. The van der Waals surface area contributed by atoms with Crippen molar-refractivity contribution in [2.24, 2.45) is 0 Å². The minimum atomic E-state index is -2.72. The zero-order valence-electron chi connectivity index (χ0n) is 12.8. The third-order valence-corrected chi connectivity index (χ3v) is 3.83. The van der Waals surface area contributed by atoms with Crippen molar-refractivity contribution in [2.75, 3.05) is 6.61 Å². The Morgan fingerprint density at radius 3 is 2.55 bits per heavy atom. The number of carbonyl (C=O) groups is 3. The summed E-state index contributed by atoms with van der Waals surface area (Å²) in [6.07, 6.45) is 2.80. The van der Waals surface area contributed by atoms with Gasteiger partial charge in [0.25, 0.3) is 5.60 Å². The maximum Gasteiger partial charge on any atom is 0.354 e. The van der Waals surface area contributed by atoms with E-state index in [1.54, 1.807) is 12.1 Å². The largest absolute Gasteiger partial charge is 0.463 e. The summed E-state index contributed by atoms with van der Waals surface area (Å²) >= 11 is 0. The molecule has 0 heterocycles. The van der Waals surface area contributed by atoms with Crippen LogP contribution >= 0.6 is 0 Å². The van der Waals surface area contributed by atoms with Gasteiger partial charge in [-0.25, -0.2) is 4.79 Å². The number of ether oxygens (including phenoxy) is 1. The number of hydrogen-bond acceptors (Lipinski definition) is 5. The Morgan fingerprint density at radius 1 is 1.18 bits per heavy atom. The Bertz CT molecular complexity index is 619. The number of fused-ring (bicyclic) bond motifs is 1. The summed E-state index contributed by atoms with van der Waals surface area (Å²) in [5, 5.41) is 10.4. The standard InChI is InChI=1S/C17H20O5/c1-3-5-10-22-16(20)17(21)14(18)12-9-6-8-11(7-4-2)13(12)15(17)19/h6,8-9,21H,3-5,7,10H2,1-2H3. The Hall–Kier alpha value is -2.01. The molecule has 1 unspecified atom stereocenters. The van der Waals surface area contributed by atoms with E-state index in [2.05, 4.69) is 0 Å². The lowest BCUT2D eigenvalue weighted by atomic mass is 9.96. The molecule has 118 valence electrons.